The van der Waals surface area contributed by atoms with Crippen molar-refractivity contribution < 1.29 is 14.3 Å². The molecule has 0 bridgehead atoms. The summed E-state index contributed by atoms with van der Waals surface area (Å²) in [7, 11) is 0. The van der Waals surface area contributed by atoms with Crippen LogP contribution in [0.4, 0.5) is 0 Å². The molecule has 0 saturated heterocycles. The molecule has 3 rings (SSSR count). The molecule has 37 heavy (non-hydrogen) atoms. The Morgan fingerprint density at radius 3 is 2.22 bits per heavy atom. The van der Waals surface area contributed by atoms with Crippen molar-refractivity contribution in [3.05, 3.63) is 101 Å². The number of amides is 2. The Morgan fingerprint density at radius 2 is 1.54 bits per heavy atom. The summed E-state index contributed by atoms with van der Waals surface area (Å²) in [6, 6.07) is 25.0. The van der Waals surface area contributed by atoms with Gasteiger partial charge in [0.05, 0.1) is 0 Å². The fraction of sp³-hybridized carbons (Fsp3) is 0.375. The summed E-state index contributed by atoms with van der Waals surface area (Å²) < 4.78 is 6.07. The van der Waals surface area contributed by atoms with Crippen molar-refractivity contribution in [1.29, 1.82) is 0 Å². The van der Waals surface area contributed by atoms with Crippen molar-refractivity contribution in [3.63, 3.8) is 0 Å². The minimum Gasteiger partial charge on any atom is -0.483 e. The maximum absolute atomic E-state index is 13.8. The predicted molar refractivity (Wildman–Crippen MR) is 150 cm³/mol. The van der Waals surface area contributed by atoms with Gasteiger partial charge in [0.25, 0.3) is 5.91 Å². The third-order valence-corrected chi connectivity index (χ3v) is 6.77. The van der Waals surface area contributed by atoms with E-state index in [1.165, 1.54) is 0 Å². The molecule has 0 saturated carbocycles. The maximum atomic E-state index is 13.8. The number of ether oxygens (including phenoxy) is 1. The average Bonchev–Trinajstić information content (AvgIpc) is 2.90. The molecule has 2 atom stereocenters. The molecule has 0 radical (unpaired) electrons. The van der Waals surface area contributed by atoms with E-state index in [4.69, 9.17) is 4.74 Å². The molecule has 0 aliphatic rings. The van der Waals surface area contributed by atoms with Crippen LogP contribution >= 0.6 is 0 Å². The van der Waals surface area contributed by atoms with Crippen LogP contribution in [0, 0.1) is 6.92 Å². The minimum atomic E-state index is -0.674. The second-order valence-corrected chi connectivity index (χ2v) is 9.95. The molecular weight excluding hydrogens is 460 g/mol. The van der Waals surface area contributed by atoms with Gasteiger partial charge in [0.1, 0.15) is 11.8 Å². The van der Waals surface area contributed by atoms with E-state index in [9.17, 15) is 9.59 Å². The van der Waals surface area contributed by atoms with Gasteiger partial charge in [0, 0.05) is 19.0 Å². The normalized spacial score (nSPS) is 12.6. The van der Waals surface area contributed by atoms with Crippen molar-refractivity contribution in [2.45, 2.75) is 72.0 Å². The van der Waals surface area contributed by atoms with E-state index in [0.29, 0.717) is 18.7 Å². The van der Waals surface area contributed by atoms with Crippen molar-refractivity contribution in [1.82, 2.24) is 10.2 Å². The zero-order valence-corrected chi connectivity index (χ0v) is 22.7. The van der Waals surface area contributed by atoms with Gasteiger partial charge in [-0.25, -0.2) is 0 Å². The predicted octanol–water partition coefficient (Wildman–Crippen LogP) is 6.05. The van der Waals surface area contributed by atoms with E-state index in [1.807, 2.05) is 99.6 Å². The lowest BCUT2D eigenvalue weighted by Gasteiger charge is -2.32. The summed E-state index contributed by atoms with van der Waals surface area (Å²) >= 11 is 0. The van der Waals surface area contributed by atoms with E-state index in [1.54, 1.807) is 4.90 Å². The van der Waals surface area contributed by atoms with Gasteiger partial charge in [-0.3, -0.25) is 9.59 Å². The van der Waals surface area contributed by atoms with Crippen LogP contribution in [-0.2, 0) is 22.6 Å². The highest BCUT2D eigenvalue weighted by Gasteiger charge is 2.31. The Balaban J connectivity index is 1.95. The van der Waals surface area contributed by atoms with Crippen LogP contribution in [0.25, 0.3) is 0 Å². The van der Waals surface area contributed by atoms with E-state index in [0.717, 1.165) is 28.7 Å². The van der Waals surface area contributed by atoms with E-state index >= 15 is 0 Å². The number of hydrogen-bond donors (Lipinski definition) is 1. The number of hydrogen-bond acceptors (Lipinski definition) is 3. The lowest BCUT2D eigenvalue weighted by atomic mass is 10.0. The summed E-state index contributed by atoms with van der Waals surface area (Å²) in [5, 5.41) is 3.11. The van der Waals surface area contributed by atoms with E-state index in [-0.39, 0.29) is 30.4 Å². The summed E-state index contributed by atoms with van der Waals surface area (Å²) in [6.07, 6.45) is 1.23. The Labute approximate surface area is 221 Å². The number of benzene rings is 3. The molecule has 0 aromatic heterocycles. The highest BCUT2D eigenvalue weighted by Crippen LogP contribution is 2.26. The lowest BCUT2D eigenvalue weighted by Crippen LogP contribution is -2.53. The zero-order chi connectivity index (χ0) is 26.8. The number of rotatable bonds is 12. The summed E-state index contributed by atoms with van der Waals surface area (Å²) in [5.41, 5.74) is 4.14. The molecule has 0 spiro atoms. The zero-order valence-electron chi connectivity index (χ0n) is 22.7. The quantitative estimate of drug-likeness (QED) is 0.329. The smallest absolute Gasteiger partial charge is 0.261 e. The van der Waals surface area contributed by atoms with Crippen LogP contribution in [0.5, 0.6) is 5.75 Å². The number of nitrogens with zero attached hydrogens (tertiary/aromatic N) is 1. The number of nitrogens with one attached hydrogen (secondary N) is 1. The molecule has 3 aromatic carbocycles. The molecule has 0 fully saturated rings. The molecule has 3 aromatic rings. The fourth-order valence-corrected chi connectivity index (χ4v) is 4.28. The van der Waals surface area contributed by atoms with Crippen LogP contribution in [0.2, 0.25) is 0 Å². The highest BCUT2D eigenvalue weighted by atomic mass is 16.5. The first-order valence-electron chi connectivity index (χ1n) is 13.2. The van der Waals surface area contributed by atoms with Crippen molar-refractivity contribution in [2.75, 3.05) is 6.61 Å². The van der Waals surface area contributed by atoms with Gasteiger partial charge in [0.15, 0.2) is 6.61 Å². The Bertz CT molecular complexity index is 1160. The molecule has 0 heterocycles. The van der Waals surface area contributed by atoms with Crippen LogP contribution < -0.4 is 10.1 Å². The Morgan fingerprint density at radius 1 is 0.892 bits per heavy atom. The van der Waals surface area contributed by atoms with Gasteiger partial charge in [-0.1, -0.05) is 93.6 Å². The van der Waals surface area contributed by atoms with Crippen molar-refractivity contribution in [3.8, 4) is 5.75 Å². The first-order chi connectivity index (χ1) is 17.8. The largest absolute Gasteiger partial charge is 0.483 e. The fourth-order valence-electron chi connectivity index (χ4n) is 4.28. The van der Waals surface area contributed by atoms with Gasteiger partial charge in [-0.2, -0.15) is 0 Å². The van der Waals surface area contributed by atoms with E-state index in [2.05, 4.69) is 19.2 Å². The van der Waals surface area contributed by atoms with E-state index < -0.39 is 6.04 Å². The minimum absolute atomic E-state index is 0.00959. The first kappa shape index (κ1) is 28.0. The molecule has 0 aliphatic heterocycles. The summed E-state index contributed by atoms with van der Waals surface area (Å²) in [6.45, 7) is 10.4. The van der Waals surface area contributed by atoms with Crippen LogP contribution in [0.3, 0.4) is 0 Å². The van der Waals surface area contributed by atoms with Crippen molar-refractivity contribution >= 4 is 11.8 Å². The molecule has 2 amide bonds. The number of carbonyl (C=O) groups excluding carboxylic acids is 2. The number of aryl methyl sites for hydroxylation is 1. The van der Waals surface area contributed by atoms with Crippen LogP contribution in [0.1, 0.15) is 62.3 Å². The van der Waals surface area contributed by atoms with Gasteiger partial charge in [0.2, 0.25) is 5.91 Å². The molecule has 5 nitrogen and oxygen atoms in total. The van der Waals surface area contributed by atoms with Gasteiger partial charge in [-0.05, 0) is 54.5 Å². The summed E-state index contributed by atoms with van der Waals surface area (Å²) in [4.78, 5) is 29.1. The third-order valence-electron chi connectivity index (χ3n) is 6.77. The highest BCUT2D eigenvalue weighted by molar-refractivity contribution is 5.88. The maximum Gasteiger partial charge on any atom is 0.261 e. The standard InChI is InChI=1S/C32H40N2O3/c1-6-25(5)33-32(36)29(20-26-15-8-7-9-16-26)34(21-27-17-11-10-14-24(27)4)31(35)22-37-30-19-13-12-18-28(30)23(2)3/h7-19,23,25,29H,6,20-22H2,1-5H3,(H,33,36)/t25-,29-/m1/s1. The summed E-state index contributed by atoms with van der Waals surface area (Å²) in [5.74, 6) is 0.594. The van der Waals surface area contributed by atoms with Gasteiger partial charge in [-0.15, -0.1) is 0 Å². The molecule has 0 aliphatic carbocycles. The van der Waals surface area contributed by atoms with Gasteiger partial charge < -0.3 is 15.0 Å². The Hall–Kier alpha value is -3.60. The SMILES string of the molecule is CC[C@@H](C)NC(=O)[C@@H](Cc1ccccc1)N(Cc1ccccc1C)C(=O)COc1ccccc1C(C)C. The van der Waals surface area contributed by atoms with Crippen LogP contribution in [0.15, 0.2) is 78.9 Å². The third kappa shape index (κ3) is 7.94. The number of carbonyl (C=O) groups is 2. The monoisotopic (exact) mass is 500 g/mol. The molecule has 5 heteroatoms. The second-order valence-electron chi connectivity index (χ2n) is 9.95. The lowest BCUT2D eigenvalue weighted by molar-refractivity contribution is -0.143. The van der Waals surface area contributed by atoms with Crippen molar-refractivity contribution in [2.24, 2.45) is 0 Å². The van der Waals surface area contributed by atoms with Crippen LogP contribution in [-0.4, -0.2) is 35.4 Å². The Kier molecular flexibility index (Phi) is 10.3. The number of para-hydroxylation sites is 1. The topological polar surface area (TPSA) is 58.6 Å². The average molecular weight is 501 g/mol. The molecular formula is C32H40N2O3. The molecule has 196 valence electrons. The second kappa shape index (κ2) is 13.6. The van der Waals surface area contributed by atoms with Gasteiger partial charge >= 0.3 is 0 Å². The first-order valence-corrected chi connectivity index (χ1v) is 13.2. The molecule has 0 unspecified atom stereocenters. The molecule has 1 N–H and O–H groups in total.